The molecule has 1 aromatic rings. The van der Waals surface area contributed by atoms with E-state index in [9.17, 15) is 9.18 Å². The molecule has 2 N–H and O–H groups in total. The van der Waals surface area contributed by atoms with Gasteiger partial charge in [0.25, 0.3) is 0 Å². The molecule has 1 amide bonds. The molecule has 28 heavy (non-hydrogen) atoms. The van der Waals surface area contributed by atoms with Crippen LogP contribution in [0.5, 0.6) is 0 Å². The van der Waals surface area contributed by atoms with Gasteiger partial charge in [-0.2, -0.15) is 0 Å². The van der Waals surface area contributed by atoms with E-state index in [4.69, 9.17) is 22.1 Å². The molecule has 0 spiro atoms. The lowest BCUT2D eigenvalue weighted by atomic mass is 9.78. The van der Waals surface area contributed by atoms with Crippen LogP contribution in [0.2, 0.25) is 5.02 Å². The average Bonchev–Trinajstić information content (AvgIpc) is 2.67. The first-order chi connectivity index (χ1) is 13.5. The lowest BCUT2D eigenvalue weighted by Crippen LogP contribution is -2.47. The molecule has 1 saturated heterocycles. The third kappa shape index (κ3) is 5.58. The molecule has 7 heteroatoms. The van der Waals surface area contributed by atoms with Crippen molar-refractivity contribution in [3.8, 4) is 0 Å². The minimum Gasteiger partial charge on any atom is -0.371 e. The number of nitrogens with two attached hydrogens (primary N) is 1. The number of ether oxygens (including phenoxy) is 1. The fourth-order valence-electron chi connectivity index (χ4n) is 4.64. The number of rotatable bonds is 7. The molecule has 1 unspecified atom stereocenters. The number of hydrogen-bond donors (Lipinski definition) is 1. The number of hydrogen-bond acceptors (Lipinski definition) is 4. The van der Waals surface area contributed by atoms with E-state index in [0.717, 1.165) is 64.1 Å². The van der Waals surface area contributed by atoms with Crippen LogP contribution in [0.1, 0.15) is 32.1 Å². The van der Waals surface area contributed by atoms with Crippen molar-refractivity contribution in [1.82, 2.24) is 4.90 Å². The Hall–Kier alpha value is -1.37. The Labute approximate surface area is 171 Å². The molecule has 2 fully saturated rings. The van der Waals surface area contributed by atoms with Crippen LogP contribution < -0.4 is 10.6 Å². The predicted octanol–water partition coefficient (Wildman–Crippen LogP) is 3.30. The predicted molar refractivity (Wildman–Crippen MR) is 110 cm³/mol. The molecule has 1 heterocycles. The van der Waals surface area contributed by atoms with Crippen molar-refractivity contribution in [2.75, 3.05) is 44.7 Å². The summed E-state index contributed by atoms with van der Waals surface area (Å²) in [5.74, 6) is 0.345. The Kier molecular flexibility index (Phi) is 7.55. The molecule has 1 atom stereocenters. The lowest BCUT2D eigenvalue weighted by molar-refractivity contribution is -0.131. The number of carbonyl (C=O) groups is 1. The van der Waals surface area contributed by atoms with E-state index in [0.29, 0.717) is 10.9 Å². The topological polar surface area (TPSA) is 58.8 Å². The van der Waals surface area contributed by atoms with Gasteiger partial charge in [-0.1, -0.05) is 24.4 Å². The standard InChI is InChI=1S/C21H31ClFN3O2/c1-28-20(21(24)27)16-4-2-15(3-5-16)6-7-25-8-10-26(11-9-25)19-13-17(22)12-18(23)14-19/h12-16,20H,2-11H2,1H3,(H2,24,27). The fourth-order valence-corrected chi connectivity index (χ4v) is 4.85. The molecule has 1 aliphatic carbocycles. The Morgan fingerprint density at radius 1 is 1.21 bits per heavy atom. The van der Waals surface area contributed by atoms with Crippen LogP contribution in [-0.2, 0) is 9.53 Å². The van der Waals surface area contributed by atoms with Gasteiger partial charge in [-0.25, -0.2) is 4.39 Å². The van der Waals surface area contributed by atoms with Crippen LogP contribution in [0.15, 0.2) is 18.2 Å². The second-order valence-corrected chi connectivity index (χ2v) is 8.52. The SMILES string of the molecule is COC(C(N)=O)C1CCC(CCN2CCN(c3cc(F)cc(Cl)c3)CC2)CC1. The van der Waals surface area contributed by atoms with E-state index in [1.807, 2.05) is 6.07 Å². The van der Waals surface area contributed by atoms with Gasteiger partial charge >= 0.3 is 0 Å². The maximum atomic E-state index is 13.6. The maximum Gasteiger partial charge on any atom is 0.246 e. The highest BCUT2D eigenvalue weighted by molar-refractivity contribution is 6.30. The van der Waals surface area contributed by atoms with E-state index < -0.39 is 6.10 Å². The zero-order valence-electron chi connectivity index (χ0n) is 16.6. The minimum absolute atomic E-state index is 0.264. The first-order valence-corrected chi connectivity index (χ1v) is 10.6. The number of primary amides is 1. The third-order valence-electron chi connectivity index (χ3n) is 6.29. The number of carbonyl (C=O) groups excluding carboxylic acids is 1. The zero-order valence-corrected chi connectivity index (χ0v) is 17.3. The molecule has 1 aromatic carbocycles. The molecular formula is C21H31ClFN3O2. The third-order valence-corrected chi connectivity index (χ3v) is 6.51. The molecule has 0 radical (unpaired) electrons. The second-order valence-electron chi connectivity index (χ2n) is 8.08. The largest absolute Gasteiger partial charge is 0.371 e. The summed E-state index contributed by atoms with van der Waals surface area (Å²) in [6.45, 7) is 4.84. The Bertz CT molecular complexity index is 639. The Morgan fingerprint density at radius 2 is 1.89 bits per heavy atom. The Morgan fingerprint density at radius 3 is 2.46 bits per heavy atom. The van der Waals surface area contributed by atoms with Crippen LogP contribution in [-0.4, -0.2) is 56.7 Å². The van der Waals surface area contributed by atoms with E-state index >= 15 is 0 Å². The van der Waals surface area contributed by atoms with Gasteiger partial charge in [0.05, 0.1) is 0 Å². The minimum atomic E-state index is -0.439. The van der Waals surface area contributed by atoms with Gasteiger partial charge in [0.2, 0.25) is 5.91 Å². The number of halogens is 2. The average molecular weight is 412 g/mol. The van der Waals surface area contributed by atoms with Crippen LogP contribution in [0.4, 0.5) is 10.1 Å². The van der Waals surface area contributed by atoms with Crippen molar-refractivity contribution < 1.29 is 13.9 Å². The number of methoxy groups -OCH3 is 1. The van der Waals surface area contributed by atoms with Crippen molar-refractivity contribution in [1.29, 1.82) is 0 Å². The molecule has 3 rings (SSSR count). The van der Waals surface area contributed by atoms with Gasteiger partial charge in [0.1, 0.15) is 11.9 Å². The van der Waals surface area contributed by atoms with E-state index in [1.54, 1.807) is 13.2 Å². The first kappa shape index (κ1) is 21.3. The lowest BCUT2D eigenvalue weighted by Gasteiger charge is -2.37. The summed E-state index contributed by atoms with van der Waals surface area (Å²) in [6.07, 6.45) is 5.05. The van der Waals surface area contributed by atoms with E-state index in [2.05, 4.69) is 9.80 Å². The molecule has 1 saturated carbocycles. The summed E-state index contributed by atoms with van der Waals surface area (Å²) in [5.41, 5.74) is 6.30. The molecule has 1 aliphatic heterocycles. The van der Waals surface area contributed by atoms with Gasteiger partial charge in [0, 0.05) is 44.0 Å². The highest BCUT2D eigenvalue weighted by atomic mass is 35.5. The van der Waals surface area contributed by atoms with Crippen molar-refractivity contribution in [3.63, 3.8) is 0 Å². The number of amides is 1. The summed E-state index contributed by atoms with van der Waals surface area (Å²) in [5, 5.41) is 0.445. The number of piperazine rings is 1. The molecule has 2 aliphatic rings. The van der Waals surface area contributed by atoms with Crippen LogP contribution in [0.3, 0.4) is 0 Å². The van der Waals surface area contributed by atoms with Crippen LogP contribution in [0.25, 0.3) is 0 Å². The summed E-state index contributed by atoms with van der Waals surface area (Å²) in [6, 6.07) is 4.73. The van der Waals surface area contributed by atoms with Gasteiger partial charge in [-0.15, -0.1) is 0 Å². The maximum absolute atomic E-state index is 13.6. The first-order valence-electron chi connectivity index (χ1n) is 10.2. The smallest absolute Gasteiger partial charge is 0.246 e. The number of nitrogens with zero attached hydrogens (tertiary/aromatic N) is 2. The monoisotopic (exact) mass is 411 g/mol. The molecular weight excluding hydrogens is 381 g/mol. The normalized spacial score (nSPS) is 24.9. The summed E-state index contributed by atoms with van der Waals surface area (Å²) in [7, 11) is 1.57. The number of anilines is 1. The molecule has 0 bridgehead atoms. The zero-order chi connectivity index (χ0) is 20.1. The van der Waals surface area contributed by atoms with Gasteiger partial charge in [-0.05, 0) is 55.8 Å². The van der Waals surface area contributed by atoms with Gasteiger partial charge < -0.3 is 15.4 Å². The highest BCUT2D eigenvalue weighted by Crippen LogP contribution is 2.33. The Balaban J connectivity index is 1.39. The second kappa shape index (κ2) is 9.90. The summed E-state index contributed by atoms with van der Waals surface area (Å²) in [4.78, 5) is 16.2. The van der Waals surface area contributed by atoms with Gasteiger partial charge in [0.15, 0.2) is 0 Å². The van der Waals surface area contributed by atoms with Crippen LogP contribution >= 0.6 is 11.6 Å². The fraction of sp³-hybridized carbons (Fsp3) is 0.667. The quantitative estimate of drug-likeness (QED) is 0.747. The highest BCUT2D eigenvalue weighted by Gasteiger charge is 2.31. The van der Waals surface area contributed by atoms with Gasteiger partial charge in [-0.3, -0.25) is 9.69 Å². The molecule has 0 aromatic heterocycles. The van der Waals surface area contributed by atoms with E-state index in [-0.39, 0.29) is 17.6 Å². The van der Waals surface area contributed by atoms with Crippen molar-refractivity contribution >= 4 is 23.2 Å². The summed E-state index contributed by atoms with van der Waals surface area (Å²) >= 11 is 5.98. The molecule has 5 nitrogen and oxygen atoms in total. The van der Waals surface area contributed by atoms with Crippen molar-refractivity contribution in [2.45, 2.75) is 38.2 Å². The van der Waals surface area contributed by atoms with Crippen LogP contribution in [0, 0.1) is 17.7 Å². The summed E-state index contributed by atoms with van der Waals surface area (Å²) < 4.78 is 18.9. The van der Waals surface area contributed by atoms with Crippen molar-refractivity contribution in [2.24, 2.45) is 17.6 Å². The molecule has 156 valence electrons. The number of benzene rings is 1. The van der Waals surface area contributed by atoms with E-state index in [1.165, 1.54) is 12.5 Å². The van der Waals surface area contributed by atoms with Crippen molar-refractivity contribution in [3.05, 3.63) is 29.0 Å².